The first-order valence-electron chi connectivity index (χ1n) is 7.82. The molecule has 0 amide bonds. The van der Waals surface area contributed by atoms with Crippen molar-refractivity contribution < 1.29 is 8.42 Å². The molecule has 0 aliphatic carbocycles. The summed E-state index contributed by atoms with van der Waals surface area (Å²) in [6.45, 7) is 8.68. The van der Waals surface area contributed by atoms with Crippen LogP contribution in [-0.2, 0) is 10.0 Å². The predicted molar refractivity (Wildman–Crippen MR) is 104 cm³/mol. The number of guanidine groups is 1. The Morgan fingerprint density at radius 2 is 1.96 bits per heavy atom. The van der Waals surface area contributed by atoms with Gasteiger partial charge in [-0.15, -0.1) is 0 Å². The first-order chi connectivity index (χ1) is 11.0. The lowest BCUT2D eigenvalue weighted by atomic mass is 10.1. The van der Waals surface area contributed by atoms with Crippen LogP contribution >= 0.6 is 15.9 Å². The number of nitrogens with zero attached hydrogens (tertiary/aromatic N) is 1. The smallest absolute Gasteiger partial charge is 0.209 e. The van der Waals surface area contributed by atoms with Crippen molar-refractivity contribution in [3.8, 4) is 0 Å². The highest BCUT2D eigenvalue weighted by Gasteiger charge is 2.22. The van der Waals surface area contributed by atoms with Crippen molar-refractivity contribution in [3.63, 3.8) is 0 Å². The minimum atomic E-state index is -3.28. The summed E-state index contributed by atoms with van der Waals surface area (Å²) in [6.07, 6.45) is 1.15. The van der Waals surface area contributed by atoms with Gasteiger partial charge in [-0.1, -0.05) is 34.1 Å². The van der Waals surface area contributed by atoms with E-state index in [1.165, 1.54) is 0 Å². The normalized spacial score (nSPS) is 14.3. The molecule has 24 heavy (non-hydrogen) atoms. The van der Waals surface area contributed by atoms with Crippen molar-refractivity contribution in [2.45, 2.75) is 39.3 Å². The molecule has 8 heteroatoms. The van der Waals surface area contributed by atoms with Crippen LogP contribution in [0.3, 0.4) is 0 Å². The predicted octanol–water partition coefficient (Wildman–Crippen LogP) is 2.39. The van der Waals surface area contributed by atoms with Crippen LogP contribution in [0.2, 0.25) is 0 Å². The van der Waals surface area contributed by atoms with E-state index in [4.69, 9.17) is 0 Å². The summed E-state index contributed by atoms with van der Waals surface area (Å²) in [7, 11) is -3.28. The summed E-state index contributed by atoms with van der Waals surface area (Å²) in [5.74, 6) is 0.643. The molecule has 0 aliphatic heterocycles. The molecule has 0 aliphatic rings. The van der Waals surface area contributed by atoms with Crippen LogP contribution in [0.4, 0.5) is 0 Å². The fraction of sp³-hybridized carbons (Fsp3) is 0.562. The van der Waals surface area contributed by atoms with E-state index < -0.39 is 15.6 Å². The number of halogens is 1. The Hall–Kier alpha value is -1.12. The molecule has 0 fully saturated rings. The maximum atomic E-state index is 11.4. The van der Waals surface area contributed by atoms with Gasteiger partial charge in [0.15, 0.2) is 5.96 Å². The number of hydrogen-bond donors (Lipinski definition) is 3. The van der Waals surface area contributed by atoms with Crippen LogP contribution in [0.1, 0.15) is 39.3 Å². The SMILES string of the molecule is CCNC(=NCC(C)(C)NS(C)(=O)=O)NC(C)c1ccccc1Br. The largest absolute Gasteiger partial charge is 0.357 e. The first kappa shape index (κ1) is 20.9. The van der Waals surface area contributed by atoms with E-state index >= 15 is 0 Å². The Morgan fingerprint density at radius 3 is 2.50 bits per heavy atom. The molecule has 1 aromatic carbocycles. The molecule has 136 valence electrons. The van der Waals surface area contributed by atoms with Gasteiger partial charge in [0.25, 0.3) is 0 Å². The second-order valence-corrected chi connectivity index (χ2v) is 8.94. The summed E-state index contributed by atoms with van der Waals surface area (Å²) in [5, 5.41) is 6.53. The number of aliphatic imine (C=N–C) groups is 1. The highest BCUT2D eigenvalue weighted by molar-refractivity contribution is 9.10. The number of hydrogen-bond acceptors (Lipinski definition) is 3. The number of rotatable bonds is 7. The molecule has 1 rings (SSSR count). The van der Waals surface area contributed by atoms with Crippen LogP contribution in [0.15, 0.2) is 33.7 Å². The van der Waals surface area contributed by atoms with Gasteiger partial charge in [0.1, 0.15) is 0 Å². The van der Waals surface area contributed by atoms with E-state index in [0.29, 0.717) is 19.0 Å². The van der Waals surface area contributed by atoms with Crippen LogP contribution in [0.25, 0.3) is 0 Å². The van der Waals surface area contributed by atoms with Crippen LogP contribution < -0.4 is 15.4 Å². The summed E-state index contributed by atoms with van der Waals surface area (Å²) < 4.78 is 26.5. The zero-order valence-corrected chi connectivity index (χ0v) is 17.3. The van der Waals surface area contributed by atoms with Crippen molar-refractivity contribution in [1.29, 1.82) is 0 Å². The van der Waals surface area contributed by atoms with Gasteiger partial charge in [0, 0.05) is 16.6 Å². The lowest BCUT2D eigenvalue weighted by Gasteiger charge is -2.24. The zero-order chi connectivity index (χ0) is 18.4. The number of benzene rings is 1. The van der Waals surface area contributed by atoms with Gasteiger partial charge in [-0.25, -0.2) is 13.1 Å². The van der Waals surface area contributed by atoms with Gasteiger partial charge in [-0.05, 0) is 39.3 Å². The maximum absolute atomic E-state index is 11.4. The molecule has 0 radical (unpaired) electrons. The highest BCUT2D eigenvalue weighted by atomic mass is 79.9. The molecule has 1 unspecified atom stereocenters. The number of nitrogens with one attached hydrogen (secondary N) is 3. The quantitative estimate of drug-likeness (QED) is 0.468. The molecule has 1 atom stereocenters. The summed E-state index contributed by atoms with van der Waals surface area (Å²) in [6, 6.07) is 8.04. The zero-order valence-electron chi connectivity index (χ0n) is 14.9. The molecule has 0 aromatic heterocycles. The molecule has 0 saturated carbocycles. The minimum Gasteiger partial charge on any atom is -0.357 e. The van der Waals surface area contributed by atoms with E-state index in [1.807, 2.05) is 38.1 Å². The van der Waals surface area contributed by atoms with Gasteiger partial charge < -0.3 is 10.6 Å². The van der Waals surface area contributed by atoms with Gasteiger partial charge in [0.2, 0.25) is 10.0 Å². The van der Waals surface area contributed by atoms with Crippen LogP contribution in [0.5, 0.6) is 0 Å². The first-order valence-corrected chi connectivity index (χ1v) is 10.5. The van der Waals surface area contributed by atoms with Gasteiger partial charge >= 0.3 is 0 Å². The monoisotopic (exact) mass is 418 g/mol. The fourth-order valence-corrected chi connectivity index (χ4v) is 3.94. The average molecular weight is 419 g/mol. The van der Waals surface area contributed by atoms with Crippen molar-refractivity contribution in [3.05, 3.63) is 34.3 Å². The molecule has 1 aromatic rings. The standard InChI is InChI=1S/C16H27BrN4O2S/c1-6-18-15(19-11-16(3,4)21-24(5,22)23)20-12(2)13-9-7-8-10-14(13)17/h7-10,12,21H,6,11H2,1-5H3,(H2,18,19,20). The van der Waals surface area contributed by atoms with Gasteiger partial charge in [0.05, 0.1) is 18.8 Å². The van der Waals surface area contributed by atoms with E-state index in [0.717, 1.165) is 16.3 Å². The maximum Gasteiger partial charge on any atom is 0.209 e. The molecule has 3 N–H and O–H groups in total. The average Bonchev–Trinajstić information content (AvgIpc) is 2.43. The molecule has 6 nitrogen and oxygen atoms in total. The number of sulfonamides is 1. The Bertz CT molecular complexity index is 674. The summed E-state index contributed by atoms with van der Waals surface area (Å²) in [5.41, 5.74) is 0.462. The van der Waals surface area contributed by atoms with E-state index in [-0.39, 0.29) is 6.04 Å². The van der Waals surface area contributed by atoms with E-state index in [9.17, 15) is 8.42 Å². The second kappa shape index (κ2) is 8.82. The molecule has 0 heterocycles. The minimum absolute atomic E-state index is 0.0457. The fourth-order valence-electron chi connectivity index (χ4n) is 2.24. The van der Waals surface area contributed by atoms with E-state index in [2.05, 4.69) is 36.3 Å². The highest BCUT2D eigenvalue weighted by Crippen LogP contribution is 2.22. The third kappa shape index (κ3) is 7.63. The van der Waals surface area contributed by atoms with Crippen molar-refractivity contribution >= 4 is 31.9 Å². The third-order valence-electron chi connectivity index (χ3n) is 3.16. The Labute approximate surface area is 153 Å². The molecule has 0 bridgehead atoms. The third-order valence-corrected chi connectivity index (χ3v) is 4.81. The Balaban J connectivity index is 2.84. The van der Waals surface area contributed by atoms with Crippen LogP contribution in [-0.4, -0.2) is 39.3 Å². The second-order valence-electron chi connectivity index (χ2n) is 6.34. The summed E-state index contributed by atoms with van der Waals surface area (Å²) in [4.78, 5) is 4.52. The van der Waals surface area contributed by atoms with Crippen molar-refractivity contribution in [1.82, 2.24) is 15.4 Å². The topological polar surface area (TPSA) is 82.6 Å². The molecule has 0 spiro atoms. The van der Waals surface area contributed by atoms with Crippen LogP contribution in [0, 0.1) is 0 Å². The molecule has 0 saturated heterocycles. The van der Waals surface area contributed by atoms with Gasteiger partial charge in [-0.2, -0.15) is 0 Å². The lowest BCUT2D eigenvalue weighted by Crippen LogP contribution is -2.47. The molecular weight excluding hydrogens is 392 g/mol. The van der Waals surface area contributed by atoms with Crippen molar-refractivity contribution in [2.24, 2.45) is 4.99 Å². The Morgan fingerprint density at radius 1 is 1.33 bits per heavy atom. The van der Waals surface area contributed by atoms with Crippen molar-refractivity contribution in [2.75, 3.05) is 19.3 Å². The Kier molecular flexibility index (Phi) is 7.69. The summed E-state index contributed by atoms with van der Waals surface area (Å²) >= 11 is 3.55. The van der Waals surface area contributed by atoms with E-state index in [1.54, 1.807) is 13.8 Å². The van der Waals surface area contributed by atoms with Gasteiger partial charge in [-0.3, -0.25) is 4.99 Å². The lowest BCUT2D eigenvalue weighted by molar-refractivity contribution is 0.464. The molecular formula is C16H27BrN4O2S.